The maximum atomic E-state index is 2.72. The van der Waals surface area contributed by atoms with Gasteiger partial charge in [0.15, 0.2) is 0 Å². The van der Waals surface area contributed by atoms with Crippen LogP contribution in [0.2, 0.25) is 0 Å². The van der Waals surface area contributed by atoms with Crippen LogP contribution in [0, 0.1) is 35.5 Å². The zero-order valence-corrected chi connectivity index (χ0v) is 14.0. The average Bonchev–Trinajstić information content (AvgIpc) is 2.31. The molecule has 0 aromatic carbocycles. The molecule has 1 heterocycles. The molecule has 0 radical (unpaired) electrons. The second-order valence-corrected chi connectivity index (χ2v) is 8.02. The fourth-order valence-corrected chi connectivity index (χ4v) is 5.50. The van der Waals surface area contributed by atoms with Gasteiger partial charge in [0.1, 0.15) is 0 Å². The fraction of sp³-hybridized carbons (Fsp3) is 1.00. The molecule has 1 nitrogen and oxygen atoms in total. The normalized spacial score (nSPS) is 49.3. The molecule has 1 aliphatic heterocycles. The van der Waals surface area contributed by atoms with Crippen molar-refractivity contribution in [2.24, 2.45) is 35.5 Å². The number of rotatable bonds is 1. The van der Waals surface area contributed by atoms with Crippen LogP contribution >= 0.6 is 0 Å². The van der Waals surface area contributed by atoms with Gasteiger partial charge < -0.3 is 4.90 Å². The van der Waals surface area contributed by atoms with Gasteiger partial charge in [-0.15, -0.1) is 0 Å². The van der Waals surface area contributed by atoms with Crippen molar-refractivity contribution in [3.05, 3.63) is 0 Å². The molecule has 0 spiro atoms. The molecule has 0 amide bonds. The lowest BCUT2D eigenvalue weighted by Crippen LogP contribution is -2.53. The fourth-order valence-electron chi connectivity index (χ4n) is 5.50. The first-order valence-corrected chi connectivity index (χ1v) is 8.64. The molecule has 0 bridgehead atoms. The Hall–Kier alpha value is -0.0400. The predicted molar refractivity (Wildman–Crippen MR) is 84.2 cm³/mol. The predicted octanol–water partition coefficient (Wildman–Crippen LogP) is 4.67. The van der Waals surface area contributed by atoms with Crippen LogP contribution in [0.3, 0.4) is 0 Å². The lowest BCUT2D eigenvalue weighted by molar-refractivity contribution is -0.0173. The quantitative estimate of drug-likeness (QED) is 0.666. The van der Waals surface area contributed by atoms with Crippen LogP contribution in [-0.4, -0.2) is 24.5 Å². The van der Waals surface area contributed by atoms with Gasteiger partial charge in [0.2, 0.25) is 0 Å². The zero-order valence-electron chi connectivity index (χ0n) is 14.0. The van der Waals surface area contributed by atoms with E-state index in [1.54, 1.807) is 0 Å². The molecule has 1 saturated heterocycles. The Morgan fingerprint density at radius 3 is 2.26 bits per heavy atom. The van der Waals surface area contributed by atoms with E-state index in [1.165, 1.54) is 32.2 Å². The van der Waals surface area contributed by atoms with Gasteiger partial charge in [-0.2, -0.15) is 0 Å². The first-order valence-electron chi connectivity index (χ1n) is 8.64. The van der Waals surface area contributed by atoms with Crippen molar-refractivity contribution >= 4 is 0 Å². The molecule has 0 aromatic heterocycles. The van der Waals surface area contributed by atoms with Crippen molar-refractivity contribution < 1.29 is 0 Å². The molecule has 7 atom stereocenters. The van der Waals surface area contributed by atoms with Gasteiger partial charge in [0.05, 0.1) is 0 Å². The van der Waals surface area contributed by atoms with E-state index in [0.29, 0.717) is 0 Å². The molecular weight excluding hydrogens is 230 g/mol. The third kappa shape index (κ3) is 3.17. The molecule has 1 heteroatoms. The smallest absolute Gasteiger partial charge is 0.0149 e. The number of nitrogens with zero attached hydrogens (tertiary/aromatic N) is 1. The monoisotopic (exact) mass is 265 g/mol. The van der Waals surface area contributed by atoms with Gasteiger partial charge in [-0.25, -0.2) is 0 Å². The topological polar surface area (TPSA) is 3.24 Å². The van der Waals surface area contributed by atoms with Crippen molar-refractivity contribution in [2.75, 3.05) is 13.6 Å². The van der Waals surface area contributed by atoms with E-state index in [9.17, 15) is 0 Å². The second-order valence-electron chi connectivity index (χ2n) is 8.02. The van der Waals surface area contributed by atoms with Gasteiger partial charge in [0.25, 0.3) is 0 Å². The first kappa shape index (κ1) is 15.4. The van der Waals surface area contributed by atoms with E-state index < -0.39 is 0 Å². The molecule has 2 fully saturated rings. The highest BCUT2D eigenvalue weighted by Gasteiger charge is 2.43. The minimum Gasteiger partial charge on any atom is -0.303 e. The van der Waals surface area contributed by atoms with Crippen LogP contribution in [0.4, 0.5) is 0 Å². The highest BCUT2D eigenvalue weighted by atomic mass is 15.1. The Kier molecular flexibility index (Phi) is 4.98. The Bertz CT molecular complexity index is 287. The minimum absolute atomic E-state index is 0.836. The molecule has 112 valence electrons. The van der Waals surface area contributed by atoms with Crippen LogP contribution in [0.5, 0.6) is 0 Å². The minimum atomic E-state index is 0.836. The summed E-state index contributed by atoms with van der Waals surface area (Å²) in [4.78, 5) is 2.72. The summed E-state index contributed by atoms with van der Waals surface area (Å²) in [6.07, 6.45) is 5.71. The summed E-state index contributed by atoms with van der Waals surface area (Å²) in [5.41, 5.74) is 0. The van der Waals surface area contributed by atoms with Crippen molar-refractivity contribution in [3.63, 3.8) is 0 Å². The van der Waals surface area contributed by atoms with Crippen LogP contribution in [-0.2, 0) is 0 Å². The van der Waals surface area contributed by atoms with E-state index in [2.05, 4.69) is 46.6 Å². The van der Waals surface area contributed by atoms with Crippen LogP contribution in [0.15, 0.2) is 0 Å². The van der Waals surface area contributed by atoms with Gasteiger partial charge in [-0.1, -0.05) is 41.0 Å². The zero-order chi connectivity index (χ0) is 14.2. The molecular formula is C18H35N. The molecule has 0 aromatic rings. The van der Waals surface area contributed by atoms with E-state index in [1.807, 2.05) is 0 Å². The Morgan fingerprint density at radius 2 is 1.63 bits per heavy atom. The average molecular weight is 265 g/mol. The highest BCUT2D eigenvalue weighted by Crippen LogP contribution is 2.46. The van der Waals surface area contributed by atoms with Crippen LogP contribution in [0.1, 0.15) is 60.3 Å². The van der Waals surface area contributed by atoms with E-state index in [4.69, 9.17) is 0 Å². The summed E-state index contributed by atoms with van der Waals surface area (Å²) in [7, 11) is 2.39. The number of hydrogen-bond donors (Lipinski definition) is 0. The summed E-state index contributed by atoms with van der Waals surface area (Å²) >= 11 is 0. The van der Waals surface area contributed by atoms with Crippen molar-refractivity contribution in [3.8, 4) is 0 Å². The maximum Gasteiger partial charge on any atom is 0.0149 e. The molecule has 7 unspecified atom stereocenters. The van der Waals surface area contributed by atoms with Crippen molar-refractivity contribution in [1.82, 2.24) is 4.90 Å². The highest BCUT2D eigenvalue weighted by molar-refractivity contribution is 4.95. The SMILES string of the molecule is CCC1CC(C)C2C(CC(C)CC(C)CN2C)C1C. The van der Waals surface area contributed by atoms with E-state index >= 15 is 0 Å². The molecule has 19 heavy (non-hydrogen) atoms. The number of likely N-dealkylation sites (tertiary alicyclic amines) is 1. The molecule has 2 rings (SSSR count). The maximum absolute atomic E-state index is 2.72. The molecule has 1 aliphatic carbocycles. The van der Waals surface area contributed by atoms with Gasteiger partial charge in [0, 0.05) is 12.6 Å². The Morgan fingerprint density at radius 1 is 0.947 bits per heavy atom. The van der Waals surface area contributed by atoms with Gasteiger partial charge in [-0.05, 0) is 61.8 Å². The lowest BCUT2D eigenvalue weighted by atomic mass is 9.62. The summed E-state index contributed by atoms with van der Waals surface area (Å²) < 4.78 is 0. The largest absolute Gasteiger partial charge is 0.303 e. The van der Waals surface area contributed by atoms with Gasteiger partial charge in [-0.3, -0.25) is 0 Å². The molecule has 0 N–H and O–H groups in total. The number of hydrogen-bond acceptors (Lipinski definition) is 1. The van der Waals surface area contributed by atoms with Crippen molar-refractivity contribution in [1.29, 1.82) is 0 Å². The second kappa shape index (κ2) is 6.16. The van der Waals surface area contributed by atoms with Crippen molar-refractivity contribution in [2.45, 2.75) is 66.3 Å². The standard InChI is InChI=1S/C18H35N/c1-7-16-10-14(4)18-17(15(16)5)9-12(2)8-13(3)11-19(18)6/h12-18H,7-11H2,1-6H3. The third-order valence-corrected chi connectivity index (χ3v) is 6.23. The third-order valence-electron chi connectivity index (χ3n) is 6.23. The Balaban J connectivity index is 2.22. The molecule has 1 saturated carbocycles. The van der Waals surface area contributed by atoms with Gasteiger partial charge >= 0.3 is 0 Å². The van der Waals surface area contributed by atoms with Crippen LogP contribution in [0.25, 0.3) is 0 Å². The van der Waals surface area contributed by atoms with E-state index in [0.717, 1.165) is 41.5 Å². The van der Waals surface area contributed by atoms with E-state index in [-0.39, 0.29) is 0 Å². The summed E-state index contributed by atoms with van der Waals surface area (Å²) in [6.45, 7) is 13.7. The van der Waals surface area contributed by atoms with Crippen LogP contribution < -0.4 is 0 Å². The lowest BCUT2D eigenvalue weighted by Gasteiger charge is -2.51. The molecule has 2 aliphatic rings. The first-order chi connectivity index (χ1) is 8.93. The summed E-state index contributed by atoms with van der Waals surface area (Å²) in [6, 6.07) is 0.836. The number of fused-ring (bicyclic) bond motifs is 1. The summed E-state index contributed by atoms with van der Waals surface area (Å²) in [5, 5.41) is 0. The summed E-state index contributed by atoms with van der Waals surface area (Å²) in [5.74, 6) is 5.49. The Labute approximate surface area is 121 Å².